The van der Waals surface area contributed by atoms with Gasteiger partial charge in [0.1, 0.15) is 0 Å². The van der Waals surface area contributed by atoms with Crippen LogP contribution < -0.4 is 5.32 Å². The molecule has 1 aromatic heterocycles. The van der Waals surface area contributed by atoms with Crippen molar-refractivity contribution in [3.05, 3.63) is 18.3 Å². The maximum Gasteiger partial charge on any atom is 0.372 e. The average Bonchev–Trinajstić information content (AvgIpc) is 2.88. The van der Waals surface area contributed by atoms with E-state index < -0.39 is 9.28 Å². The Bertz CT molecular complexity index is 287. The molecule has 0 spiro atoms. The maximum absolute atomic E-state index is 5.44. The highest BCUT2D eigenvalue weighted by Gasteiger charge is 2.23. The predicted octanol–water partition coefficient (Wildman–Crippen LogP) is 1.32. The maximum atomic E-state index is 5.44. The molecular weight excluding hydrogens is 206 g/mol. The molecule has 1 fully saturated rings. The number of nitrogens with zero attached hydrogens (tertiary/aromatic N) is 1. The van der Waals surface area contributed by atoms with Gasteiger partial charge in [0.05, 0.1) is 5.32 Å². The minimum Gasteiger partial charge on any atom is -0.396 e. The number of aromatic nitrogens is 1. The van der Waals surface area contributed by atoms with Gasteiger partial charge in [0.2, 0.25) is 0 Å². The lowest BCUT2D eigenvalue weighted by Crippen LogP contribution is -2.40. The summed E-state index contributed by atoms with van der Waals surface area (Å²) < 4.78 is 13.3. The number of hydrogen-bond acceptors (Lipinski definition) is 2. The van der Waals surface area contributed by atoms with E-state index in [2.05, 4.69) is 22.9 Å². The Morgan fingerprint density at radius 1 is 1.27 bits per heavy atom. The summed E-state index contributed by atoms with van der Waals surface area (Å²) in [6, 6.07) is 4.92. The topological polar surface area (TPSA) is 23.4 Å². The van der Waals surface area contributed by atoms with E-state index in [0.29, 0.717) is 6.04 Å². The third-order valence-electron chi connectivity index (χ3n) is 3.20. The van der Waals surface area contributed by atoms with Crippen LogP contribution in [0.25, 0.3) is 0 Å². The molecule has 1 aliphatic rings. The highest BCUT2D eigenvalue weighted by atomic mass is 28.3. The SMILES string of the molecule is CO[SiH](OC)c1cccn1C1CCCC1. The Hall–Kier alpha value is -0.583. The van der Waals surface area contributed by atoms with E-state index in [4.69, 9.17) is 8.85 Å². The lowest BCUT2D eigenvalue weighted by molar-refractivity contribution is 0.288. The summed E-state index contributed by atoms with van der Waals surface area (Å²) in [4.78, 5) is 0. The first kappa shape index (κ1) is 10.9. The smallest absolute Gasteiger partial charge is 0.372 e. The normalized spacial score (nSPS) is 17.8. The van der Waals surface area contributed by atoms with Crippen LogP contribution in [0.15, 0.2) is 18.3 Å². The van der Waals surface area contributed by atoms with Crippen molar-refractivity contribution >= 4 is 14.6 Å². The molecule has 0 aromatic carbocycles. The Morgan fingerprint density at radius 3 is 2.53 bits per heavy atom. The van der Waals surface area contributed by atoms with Crippen LogP contribution in [-0.2, 0) is 8.85 Å². The molecule has 0 amide bonds. The summed E-state index contributed by atoms with van der Waals surface area (Å²) in [5.41, 5.74) is 0. The van der Waals surface area contributed by atoms with Crippen LogP contribution in [0.5, 0.6) is 0 Å². The van der Waals surface area contributed by atoms with E-state index in [9.17, 15) is 0 Å². The zero-order valence-electron chi connectivity index (χ0n) is 9.48. The van der Waals surface area contributed by atoms with E-state index >= 15 is 0 Å². The third kappa shape index (κ3) is 2.17. The molecule has 15 heavy (non-hydrogen) atoms. The second-order valence-corrected chi connectivity index (χ2v) is 6.28. The largest absolute Gasteiger partial charge is 0.396 e. The minimum atomic E-state index is -1.63. The summed E-state index contributed by atoms with van der Waals surface area (Å²) in [6.45, 7) is 0. The second-order valence-electron chi connectivity index (χ2n) is 4.08. The molecule has 2 rings (SSSR count). The van der Waals surface area contributed by atoms with Crippen molar-refractivity contribution in [3.8, 4) is 0 Å². The fourth-order valence-electron chi connectivity index (χ4n) is 2.46. The van der Waals surface area contributed by atoms with Gasteiger partial charge in [-0.05, 0) is 25.0 Å². The molecule has 1 heterocycles. The minimum absolute atomic E-state index is 0.676. The average molecular weight is 225 g/mol. The van der Waals surface area contributed by atoms with Gasteiger partial charge in [0.15, 0.2) is 0 Å². The van der Waals surface area contributed by atoms with Gasteiger partial charge in [0, 0.05) is 26.5 Å². The predicted molar refractivity (Wildman–Crippen MR) is 62.7 cm³/mol. The van der Waals surface area contributed by atoms with Crippen LogP contribution in [0.4, 0.5) is 0 Å². The lowest BCUT2D eigenvalue weighted by Gasteiger charge is -2.19. The Morgan fingerprint density at radius 2 is 1.93 bits per heavy atom. The quantitative estimate of drug-likeness (QED) is 0.722. The van der Waals surface area contributed by atoms with E-state index in [1.54, 1.807) is 14.2 Å². The van der Waals surface area contributed by atoms with Gasteiger partial charge in [-0.25, -0.2) is 0 Å². The number of hydrogen-bond donors (Lipinski definition) is 0. The highest BCUT2D eigenvalue weighted by Crippen LogP contribution is 2.28. The fourth-order valence-corrected chi connectivity index (χ4v) is 3.94. The van der Waals surface area contributed by atoms with Crippen LogP contribution in [-0.4, -0.2) is 28.1 Å². The Kier molecular flexibility index (Phi) is 3.61. The zero-order valence-corrected chi connectivity index (χ0v) is 10.6. The summed E-state index contributed by atoms with van der Waals surface area (Å²) >= 11 is 0. The van der Waals surface area contributed by atoms with Gasteiger partial charge in [-0.15, -0.1) is 0 Å². The van der Waals surface area contributed by atoms with Crippen LogP contribution >= 0.6 is 0 Å². The van der Waals surface area contributed by atoms with Crippen molar-refractivity contribution in [1.82, 2.24) is 4.57 Å². The first-order valence-corrected chi connectivity index (χ1v) is 7.11. The molecular formula is C11H19NO2Si. The molecule has 0 saturated heterocycles. The van der Waals surface area contributed by atoms with Crippen LogP contribution in [0.1, 0.15) is 31.7 Å². The van der Waals surface area contributed by atoms with Crippen molar-refractivity contribution in [2.75, 3.05) is 14.2 Å². The molecule has 0 bridgehead atoms. The van der Waals surface area contributed by atoms with Gasteiger partial charge in [0.25, 0.3) is 0 Å². The molecule has 0 aliphatic heterocycles. The van der Waals surface area contributed by atoms with Crippen molar-refractivity contribution < 1.29 is 8.85 Å². The first-order valence-electron chi connectivity index (χ1n) is 5.59. The fraction of sp³-hybridized carbons (Fsp3) is 0.636. The highest BCUT2D eigenvalue weighted by molar-refractivity contribution is 6.60. The van der Waals surface area contributed by atoms with Crippen molar-refractivity contribution in [2.24, 2.45) is 0 Å². The van der Waals surface area contributed by atoms with E-state index in [-0.39, 0.29) is 0 Å². The number of rotatable bonds is 4. The summed E-state index contributed by atoms with van der Waals surface area (Å²) in [5.74, 6) is 0. The molecule has 4 heteroatoms. The molecule has 84 valence electrons. The van der Waals surface area contributed by atoms with Crippen LogP contribution in [0.2, 0.25) is 0 Å². The lowest BCUT2D eigenvalue weighted by atomic mass is 10.2. The van der Waals surface area contributed by atoms with Crippen molar-refractivity contribution in [1.29, 1.82) is 0 Å². The van der Waals surface area contributed by atoms with Gasteiger partial charge < -0.3 is 13.4 Å². The monoisotopic (exact) mass is 225 g/mol. The van der Waals surface area contributed by atoms with Crippen LogP contribution in [0.3, 0.4) is 0 Å². The summed E-state index contributed by atoms with van der Waals surface area (Å²) in [5, 5.41) is 1.27. The summed E-state index contributed by atoms with van der Waals surface area (Å²) in [7, 11) is 1.85. The van der Waals surface area contributed by atoms with Crippen LogP contribution in [0, 0.1) is 0 Å². The summed E-state index contributed by atoms with van der Waals surface area (Å²) in [6.07, 6.45) is 7.48. The molecule has 1 aromatic rings. The van der Waals surface area contributed by atoms with Crippen molar-refractivity contribution in [3.63, 3.8) is 0 Å². The molecule has 0 radical (unpaired) electrons. The molecule has 0 N–H and O–H groups in total. The second kappa shape index (κ2) is 4.96. The van der Waals surface area contributed by atoms with Gasteiger partial charge in [-0.2, -0.15) is 0 Å². The molecule has 0 unspecified atom stereocenters. The third-order valence-corrected chi connectivity index (χ3v) is 5.03. The van der Waals surface area contributed by atoms with E-state index in [1.807, 2.05) is 0 Å². The molecule has 1 aliphatic carbocycles. The van der Waals surface area contributed by atoms with Crippen molar-refractivity contribution in [2.45, 2.75) is 31.7 Å². The standard InChI is InChI=1S/C11H19NO2Si/c1-13-15(14-2)11-8-5-9-12(11)10-6-3-4-7-10/h5,8-10,15H,3-4,6-7H2,1-2H3. The zero-order chi connectivity index (χ0) is 10.7. The van der Waals surface area contributed by atoms with E-state index in [1.165, 1.54) is 31.0 Å². The first-order chi connectivity index (χ1) is 7.36. The Labute approximate surface area is 92.9 Å². The van der Waals surface area contributed by atoms with Gasteiger partial charge in [-0.3, -0.25) is 0 Å². The van der Waals surface area contributed by atoms with E-state index in [0.717, 1.165) is 0 Å². The van der Waals surface area contributed by atoms with Gasteiger partial charge >= 0.3 is 9.28 Å². The Balaban J connectivity index is 2.20. The molecule has 1 saturated carbocycles. The molecule has 0 atom stereocenters. The van der Waals surface area contributed by atoms with Gasteiger partial charge in [-0.1, -0.05) is 12.8 Å². The molecule has 3 nitrogen and oxygen atoms in total.